The fraction of sp³-hybridized carbons (Fsp3) is 0.762. The van der Waals surface area contributed by atoms with Crippen LogP contribution in [0, 0.1) is 5.92 Å². The third-order valence-corrected chi connectivity index (χ3v) is 3.64. The van der Waals surface area contributed by atoms with E-state index in [1.165, 1.54) is 32.1 Å². The Morgan fingerprint density at radius 2 is 1.54 bits per heavy atom. The Bertz CT molecular complexity index is 333. The van der Waals surface area contributed by atoms with Crippen LogP contribution in [0.3, 0.4) is 0 Å². The normalized spacial score (nSPS) is 12.4. The lowest BCUT2D eigenvalue weighted by atomic mass is 9.90. The molecule has 0 saturated heterocycles. The van der Waals surface area contributed by atoms with E-state index in [1.54, 1.807) is 18.1 Å². The first-order chi connectivity index (χ1) is 11.5. The van der Waals surface area contributed by atoms with E-state index in [-0.39, 0.29) is 6.42 Å². The smallest absolute Gasteiger partial charge is 0.255 e. The molecule has 0 aromatic carbocycles. The summed E-state index contributed by atoms with van der Waals surface area (Å²) in [6, 6.07) is 0. The molecule has 0 saturated carbocycles. The lowest BCUT2D eigenvalue weighted by Gasteiger charge is -2.16. The van der Waals surface area contributed by atoms with Crippen molar-refractivity contribution in [3.8, 4) is 0 Å². The molecule has 2 nitrogen and oxygen atoms in total. The van der Waals surface area contributed by atoms with E-state index in [4.69, 9.17) is 0 Å². The first kappa shape index (κ1) is 27.7. The highest BCUT2D eigenvalue weighted by molar-refractivity contribution is 5.68. The number of allylic oxidation sites excluding steroid dienone is 4. The van der Waals surface area contributed by atoms with Crippen LogP contribution in [0.1, 0.15) is 100 Å². The fourth-order valence-corrected chi connectivity index (χ4v) is 2.34. The molecular formula is C21H41FO2. The van der Waals surface area contributed by atoms with Crippen molar-refractivity contribution in [3.05, 3.63) is 23.3 Å². The van der Waals surface area contributed by atoms with Gasteiger partial charge in [0, 0.05) is 10.9 Å². The van der Waals surface area contributed by atoms with E-state index >= 15 is 0 Å². The number of carbonyl (C=O) groups excluding carboxylic acids is 1. The number of hydrogen-bond acceptors (Lipinski definition) is 2. The van der Waals surface area contributed by atoms with E-state index < -0.39 is 5.97 Å². The maximum absolute atomic E-state index is 10.7. The molecule has 0 bridgehead atoms. The van der Waals surface area contributed by atoms with E-state index in [0.29, 0.717) is 6.42 Å². The van der Waals surface area contributed by atoms with Gasteiger partial charge in [-0.3, -0.25) is 4.94 Å². The number of rotatable bonds is 9. The monoisotopic (exact) mass is 344 g/mol. The van der Waals surface area contributed by atoms with E-state index in [1.807, 2.05) is 13.8 Å². The van der Waals surface area contributed by atoms with Crippen LogP contribution in [0.5, 0.6) is 0 Å². The zero-order chi connectivity index (χ0) is 19.4. The summed E-state index contributed by atoms with van der Waals surface area (Å²) in [5.41, 5.74) is 3.14. The van der Waals surface area contributed by atoms with Gasteiger partial charge < -0.3 is 0 Å². The van der Waals surface area contributed by atoms with Gasteiger partial charge in [-0.1, -0.05) is 64.8 Å². The molecule has 0 spiro atoms. The molecule has 0 aromatic heterocycles. The highest BCUT2D eigenvalue weighted by Gasteiger charge is 2.07. The minimum Gasteiger partial charge on any atom is -0.255 e. The first-order valence-electron chi connectivity index (χ1n) is 9.60. The predicted molar refractivity (Wildman–Crippen MR) is 105 cm³/mol. The minimum atomic E-state index is -0.789. The Hall–Kier alpha value is -1.12. The van der Waals surface area contributed by atoms with Crippen molar-refractivity contribution in [1.82, 2.24) is 0 Å². The van der Waals surface area contributed by atoms with Crippen LogP contribution in [-0.2, 0) is 9.74 Å². The lowest BCUT2D eigenvalue weighted by Crippen LogP contribution is -2.01. The Morgan fingerprint density at radius 3 is 1.88 bits per heavy atom. The van der Waals surface area contributed by atoms with Gasteiger partial charge in [-0.25, -0.2) is 4.79 Å². The van der Waals surface area contributed by atoms with Gasteiger partial charge in [0.2, 0.25) is 0 Å². The third kappa shape index (κ3) is 18.9. The average molecular weight is 345 g/mol. The van der Waals surface area contributed by atoms with Crippen molar-refractivity contribution in [1.29, 1.82) is 0 Å². The number of halogens is 1. The topological polar surface area (TPSA) is 26.3 Å². The van der Waals surface area contributed by atoms with Gasteiger partial charge in [0.15, 0.2) is 0 Å². The second-order valence-electron chi connectivity index (χ2n) is 5.66. The summed E-state index contributed by atoms with van der Waals surface area (Å²) in [6.45, 7) is 17.1. The summed E-state index contributed by atoms with van der Waals surface area (Å²) in [4.78, 5) is 12.7. The molecular weight excluding hydrogens is 303 g/mol. The summed E-state index contributed by atoms with van der Waals surface area (Å²) in [5.74, 6) is 0.00709. The molecule has 3 heteroatoms. The quantitative estimate of drug-likeness (QED) is 0.400. The Morgan fingerprint density at radius 1 is 1.00 bits per heavy atom. The Balaban J connectivity index is -0.000000410. The Kier molecular flexibility index (Phi) is 25.3. The average Bonchev–Trinajstić information content (AvgIpc) is 2.58. The molecule has 0 fully saturated rings. The molecule has 1 atom stereocenters. The van der Waals surface area contributed by atoms with Crippen LogP contribution in [-0.4, -0.2) is 5.97 Å². The molecule has 0 aliphatic rings. The first-order valence-corrected chi connectivity index (χ1v) is 9.60. The molecule has 0 aliphatic heterocycles. The molecule has 0 N–H and O–H groups in total. The van der Waals surface area contributed by atoms with Gasteiger partial charge in [0.1, 0.15) is 0 Å². The zero-order valence-corrected chi connectivity index (χ0v) is 17.4. The van der Waals surface area contributed by atoms with Crippen molar-refractivity contribution in [2.24, 2.45) is 5.92 Å². The molecule has 0 heterocycles. The van der Waals surface area contributed by atoms with E-state index in [2.05, 4.69) is 51.7 Å². The highest BCUT2D eigenvalue weighted by atomic mass is 19.3. The molecule has 24 heavy (non-hydrogen) atoms. The summed E-state index contributed by atoms with van der Waals surface area (Å²) in [7, 11) is 0. The summed E-state index contributed by atoms with van der Waals surface area (Å²) < 4.78 is 10.7. The maximum atomic E-state index is 10.7. The second-order valence-corrected chi connectivity index (χ2v) is 5.66. The zero-order valence-electron chi connectivity index (χ0n) is 17.4. The molecule has 0 aromatic rings. The van der Waals surface area contributed by atoms with Crippen LogP contribution < -0.4 is 0 Å². The van der Waals surface area contributed by atoms with Crippen LogP contribution in [0.4, 0.5) is 4.53 Å². The van der Waals surface area contributed by atoms with Gasteiger partial charge >= 0.3 is 5.97 Å². The largest absolute Gasteiger partial charge is 0.348 e. The standard InChI is InChI=1S/C15H28.C4H7FO2.C2H6/c1-6-9-13(4)11-12-15(8-3)14(5)10-7-2;1-2-3-4(6)7-5;1-2/h9-10,15H,6-8,11-12H2,1-5H3;2-3H2,1H3;1-2H3/b13-9+,14-10?;;. The van der Waals surface area contributed by atoms with Crippen molar-refractivity contribution in [3.63, 3.8) is 0 Å². The fourth-order valence-electron chi connectivity index (χ4n) is 2.34. The maximum Gasteiger partial charge on any atom is 0.348 e. The second kappa shape index (κ2) is 21.9. The van der Waals surface area contributed by atoms with Gasteiger partial charge in [0.25, 0.3) is 0 Å². The van der Waals surface area contributed by atoms with E-state index in [9.17, 15) is 9.32 Å². The summed E-state index contributed by atoms with van der Waals surface area (Å²) in [6.07, 6.45) is 11.7. The van der Waals surface area contributed by atoms with Crippen molar-refractivity contribution >= 4 is 5.97 Å². The molecule has 0 aliphatic carbocycles. The van der Waals surface area contributed by atoms with E-state index in [0.717, 1.165) is 5.92 Å². The van der Waals surface area contributed by atoms with Crippen molar-refractivity contribution in [2.75, 3.05) is 0 Å². The van der Waals surface area contributed by atoms with Gasteiger partial charge in [0.05, 0.1) is 0 Å². The predicted octanol–water partition coefficient (Wildman–Crippen LogP) is 7.75. The molecule has 0 amide bonds. The third-order valence-electron chi connectivity index (χ3n) is 3.64. The van der Waals surface area contributed by atoms with Crippen molar-refractivity contribution in [2.45, 2.75) is 100 Å². The highest BCUT2D eigenvalue weighted by Crippen LogP contribution is 2.23. The Labute approximate surface area is 150 Å². The number of carbonyl (C=O) groups is 1. The van der Waals surface area contributed by atoms with Gasteiger partial charge in [-0.2, -0.15) is 0 Å². The van der Waals surface area contributed by atoms with Crippen LogP contribution >= 0.6 is 0 Å². The van der Waals surface area contributed by atoms with Crippen LogP contribution in [0.15, 0.2) is 23.3 Å². The molecule has 0 radical (unpaired) electrons. The van der Waals surface area contributed by atoms with Crippen LogP contribution in [0.2, 0.25) is 0 Å². The lowest BCUT2D eigenvalue weighted by molar-refractivity contribution is -0.183. The molecule has 0 rings (SSSR count). The molecule has 1 unspecified atom stereocenters. The summed E-state index contributed by atoms with van der Waals surface area (Å²) in [5, 5.41) is 0. The van der Waals surface area contributed by atoms with Crippen molar-refractivity contribution < 1.29 is 14.3 Å². The van der Waals surface area contributed by atoms with Crippen LogP contribution in [0.25, 0.3) is 0 Å². The molecule has 144 valence electrons. The SMILES string of the molecule is CC.CCC=C(C)C(CC)CC/C(C)=C/CC.CCCC(=O)OF. The van der Waals surface area contributed by atoms with Gasteiger partial charge in [-0.05, 0) is 58.3 Å². The number of hydrogen-bond donors (Lipinski definition) is 0. The van der Waals surface area contributed by atoms with Gasteiger partial charge in [-0.15, -0.1) is 0 Å². The summed E-state index contributed by atoms with van der Waals surface area (Å²) >= 11 is 0. The minimum absolute atomic E-state index is 0.163.